The summed E-state index contributed by atoms with van der Waals surface area (Å²) < 4.78 is 5.71. The molecule has 2 aromatic carbocycles. The molecule has 0 aliphatic heterocycles. The maximum absolute atomic E-state index is 12.4. The van der Waals surface area contributed by atoms with Crippen molar-refractivity contribution in [2.75, 3.05) is 6.61 Å². The number of imidazole rings is 1. The van der Waals surface area contributed by atoms with Crippen molar-refractivity contribution < 1.29 is 9.53 Å². The van der Waals surface area contributed by atoms with Crippen LogP contribution < -0.4 is 10.1 Å². The number of fused-ring (bicyclic) bond motifs is 1. The summed E-state index contributed by atoms with van der Waals surface area (Å²) in [6, 6.07) is 13.5. The van der Waals surface area contributed by atoms with Crippen molar-refractivity contribution in [2.45, 2.75) is 33.7 Å². The van der Waals surface area contributed by atoms with Gasteiger partial charge in [-0.2, -0.15) is 0 Å². The fourth-order valence-corrected chi connectivity index (χ4v) is 2.91. The van der Waals surface area contributed by atoms with Gasteiger partial charge in [0, 0.05) is 0 Å². The van der Waals surface area contributed by atoms with E-state index in [-0.39, 0.29) is 24.5 Å². The zero-order valence-electron chi connectivity index (χ0n) is 15.7. The average molecular weight is 351 g/mol. The second-order valence-electron chi connectivity index (χ2n) is 6.92. The van der Waals surface area contributed by atoms with E-state index >= 15 is 0 Å². The number of hydrogen-bond donors (Lipinski definition) is 2. The molecule has 1 atom stereocenters. The van der Waals surface area contributed by atoms with Gasteiger partial charge in [-0.05, 0) is 49.1 Å². The maximum atomic E-state index is 12.4. The number of carbonyl (C=O) groups excluding carboxylic acids is 1. The van der Waals surface area contributed by atoms with Gasteiger partial charge in [-0.15, -0.1) is 0 Å². The van der Waals surface area contributed by atoms with Crippen LogP contribution in [0.15, 0.2) is 42.5 Å². The molecule has 0 radical (unpaired) electrons. The topological polar surface area (TPSA) is 67.0 Å². The molecule has 0 spiro atoms. The third-order valence-corrected chi connectivity index (χ3v) is 4.60. The second-order valence-corrected chi connectivity index (χ2v) is 6.92. The standard InChI is InChI=1S/C21H25N3O2/c1-13(2)20(21-22-16-9-5-6-10-17(16)23-21)24-19(25)12-26-18-11-7-8-14(3)15(18)4/h5-11,13,20H,12H2,1-4H3,(H,22,23)(H,24,25)/t20-/m0/s1. The number of rotatable bonds is 6. The molecule has 3 aromatic rings. The molecule has 26 heavy (non-hydrogen) atoms. The minimum atomic E-state index is -0.197. The van der Waals surface area contributed by atoms with E-state index in [1.165, 1.54) is 0 Å². The highest BCUT2D eigenvalue weighted by atomic mass is 16.5. The monoisotopic (exact) mass is 351 g/mol. The van der Waals surface area contributed by atoms with E-state index in [0.717, 1.165) is 33.7 Å². The number of aromatic nitrogens is 2. The lowest BCUT2D eigenvalue weighted by Crippen LogP contribution is -2.35. The molecule has 0 aliphatic rings. The van der Waals surface area contributed by atoms with E-state index in [1.54, 1.807) is 0 Å². The highest BCUT2D eigenvalue weighted by Gasteiger charge is 2.22. The fraction of sp³-hybridized carbons (Fsp3) is 0.333. The summed E-state index contributed by atoms with van der Waals surface area (Å²) >= 11 is 0. The van der Waals surface area contributed by atoms with Crippen molar-refractivity contribution in [1.29, 1.82) is 0 Å². The smallest absolute Gasteiger partial charge is 0.258 e. The van der Waals surface area contributed by atoms with E-state index < -0.39 is 0 Å². The number of ether oxygens (including phenoxy) is 1. The average Bonchev–Trinajstić information content (AvgIpc) is 3.04. The zero-order chi connectivity index (χ0) is 18.7. The van der Waals surface area contributed by atoms with Crippen LogP contribution in [0.25, 0.3) is 11.0 Å². The van der Waals surface area contributed by atoms with E-state index in [2.05, 4.69) is 29.1 Å². The third kappa shape index (κ3) is 3.87. The van der Waals surface area contributed by atoms with E-state index in [9.17, 15) is 4.79 Å². The number of carbonyl (C=O) groups is 1. The summed E-state index contributed by atoms with van der Waals surface area (Å²) in [5.74, 6) is 1.54. The van der Waals surface area contributed by atoms with Gasteiger partial charge >= 0.3 is 0 Å². The molecule has 136 valence electrons. The van der Waals surface area contributed by atoms with Crippen LogP contribution in [-0.4, -0.2) is 22.5 Å². The van der Waals surface area contributed by atoms with Gasteiger partial charge in [0.15, 0.2) is 6.61 Å². The Balaban J connectivity index is 1.69. The van der Waals surface area contributed by atoms with Crippen molar-refractivity contribution >= 4 is 16.9 Å². The van der Waals surface area contributed by atoms with Crippen molar-refractivity contribution in [1.82, 2.24) is 15.3 Å². The predicted octanol–water partition coefficient (Wildman–Crippen LogP) is 4.07. The summed E-state index contributed by atoms with van der Waals surface area (Å²) in [5, 5.41) is 3.04. The number of H-pyrrole nitrogens is 1. The van der Waals surface area contributed by atoms with Crippen LogP contribution in [0.2, 0.25) is 0 Å². The molecule has 0 saturated carbocycles. The van der Waals surface area contributed by atoms with Crippen LogP contribution in [0.4, 0.5) is 0 Å². The number of para-hydroxylation sites is 2. The first kappa shape index (κ1) is 18.0. The summed E-state index contributed by atoms with van der Waals surface area (Å²) in [4.78, 5) is 20.4. The summed E-state index contributed by atoms with van der Waals surface area (Å²) in [6.07, 6.45) is 0. The molecule has 0 unspecified atom stereocenters. The number of hydrogen-bond acceptors (Lipinski definition) is 3. The van der Waals surface area contributed by atoms with Gasteiger partial charge < -0.3 is 15.0 Å². The van der Waals surface area contributed by atoms with Gasteiger partial charge in [-0.25, -0.2) is 4.98 Å². The predicted molar refractivity (Wildman–Crippen MR) is 103 cm³/mol. The van der Waals surface area contributed by atoms with Crippen molar-refractivity contribution in [3.05, 3.63) is 59.4 Å². The Labute approximate surface area is 153 Å². The minimum Gasteiger partial charge on any atom is -0.483 e. The molecule has 0 bridgehead atoms. The number of nitrogens with zero attached hydrogens (tertiary/aromatic N) is 1. The van der Waals surface area contributed by atoms with E-state index in [1.807, 2.05) is 56.3 Å². The highest BCUT2D eigenvalue weighted by Crippen LogP contribution is 2.23. The van der Waals surface area contributed by atoms with Crippen LogP contribution in [0.3, 0.4) is 0 Å². The Morgan fingerprint density at radius 2 is 1.92 bits per heavy atom. The number of amides is 1. The van der Waals surface area contributed by atoms with Gasteiger partial charge in [0.05, 0.1) is 17.1 Å². The number of aryl methyl sites for hydroxylation is 1. The molecular formula is C21H25N3O2. The highest BCUT2D eigenvalue weighted by molar-refractivity contribution is 5.78. The van der Waals surface area contributed by atoms with Crippen LogP contribution in [0.1, 0.15) is 36.8 Å². The maximum Gasteiger partial charge on any atom is 0.258 e. The Morgan fingerprint density at radius 1 is 1.15 bits per heavy atom. The Kier molecular flexibility index (Phi) is 5.26. The van der Waals surface area contributed by atoms with E-state index in [4.69, 9.17) is 4.74 Å². The molecule has 0 fully saturated rings. The van der Waals surface area contributed by atoms with Gasteiger partial charge in [-0.3, -0.25) is 4.79 Å². The Bertz CT molecular complexity index is 882. The molecule has 3 rings (SSSR count). The molecule has 5 heteroatoms. The number of aromatic amines is 1. The zero-order valence-corrected chi connectivity index (χ0v) is 15.7. The first-order valence-electron chi connectivity index (χ1n) is 8.88. The summed E-state index contributed by atoms with van der Waals surface area (Å²) in [5.41, 5.74) is 4.06. The largest absolute Gasteiger partial charge is 0.483 e. The Hall–Kier alpha value is -2.82. The van der Waals surface area contributed by atoms with Gasteiger partial charge in [-0.1, -0.05) is 38.1 Å². The molecular weight excluding hydrogens is 326 g/mol. The van der Waals surface area contributed by atoms with Gasteiger partial charge in [0.1, 0.15) is 11.6 Å². The van der Waals surface area contributed by atoms with E-state index in [0.29, 0.717) is 0 Å². The second kappa shape index (κ2) is 7.60. The lowest BCUT2D eigenvalue weighted by atomic mass is 10.0. The molecule has 1 amide bonds. The van der Waals surface area contributed by atoms with Gasteiger partial charge in [0.25, 0.3) is 5.91 Å². The molecule has 5 nitrogen and oxygen atoms in total. The molecule has 0 saturated heterocycles. The quantitative estimate of drug-likeness (QED) is 0.703. The first-order chi connectivity index (χ1) is 12.5. The van der Waals surface area contributed by atoms with Crippen molar-refractivity contribution in [2.24, 2.45) is 5.92 Å². The molecule has 1 aromatic heterocycles. The molecule has 2 N–H and O–H groups in total. The van der Waals surface area contributed by atoms with Crippen LogP contribution in [-0.2, 0) is 4.79 Å². The van der Waals surface area contributed by atoms with Crippen molar-refractivity contribution in [3.8, 4) is 5.75 Å². The third-order valence-electron chi connectivity index (χ3n) is 4.60. The summed E-state index contributed by atoms with van der Waals surface area (Å²) in [7, 11) is 0. The number of benzene rings is 2. The van der Waals surface area contributed by atoms with Crippen LogP contribution in [0, 0.1) is 19.8 Å². The minimum absolute atomic E-state index is 0.0201. The van der Waals surface area contributed by atoms with Crippen LogP contribution in [0.5, 0.6) is 5.75 Å². The lowest BCUT2D eigenvalue weighted by Gasteiger charge is -2.20. The fourth-order valence-electron chi connectivity index (χ4n) is 2.91. The lowest BCUT2D eigenvalue weighted by molar-refractivity contribution is -0.124. The summed E-state index contributed by atoms with van der Waals surface area (Å²) in [6.45, 7) is 8.12. The van der Waals surface area contributed by atoms with Crippen LogP contribution >= 0.6 is 0 Å². The van der Waals surface area contributed by atoms with Crippen molar-refractivity contribution in [3.63, 3.8) is 0 Å². The Morgan fingerprint density at radius 3 is 2.65 bits per heavy atom. The number of nitrogens with one attached hydrogen (secondary N) is 2. The first-order valence-corrected chi connectivity index (χ1v) is 8.88. The molecule has 0 aliphatic carbocycles. The molecule has 1 heterocycles. The SMILES string of the molecule is Cc1cccc(OCC(=O)N[C@H](c2nc3ccccc3[nH]2)C(C)C)c1C. The van der Waals surface area contributed by atoms with Gasteiger partial charge in [0.2, 0.25) is 0 Å². The normalized spacial score (nSPS) is 12.3.